The van der Waals surface area contributed by atoms with Gasteiger partial charge in [0.1, 0.15) is 18.3 Å². The fourth-order valence-electron chi connectivity index (χ4n) is 10.3. The number of anilines is 2. The van der Waals surface area contributed by atoms with E-state index in [4.69, 9.17) is 5.26 Å². The first-order valence-corrected chi connectivity index (χ1v) is 21.7. The number of amides is 4. The number of alkyl halides is 5. The number of fused-ring (bicyclic) bond motifs is 2. The van der Waals surface area contributed by atoms with E-state index in [0.29, 0.717) is 37.2 Å². The van der Waals surface area contributed by atoms with E-state index in [-0.39, 0.29) is 52.8 Å². The van der Waals surface area contributed by atoms with Gasteiger partial charge in [0.15, 0.2) is 17.0 Å². The first-order chi connectivity index (χ1) is 30.0. The number of carbonyl (C=O) groups is 4. The lowest BCUT2D eigenvalue weighted by Crippen LogP contribution is -2.61. The summed E-state index contributed by atoms with van der Waals surface area (Å²) in [5.41, 5.74) is 1.70. The van der Waals surface area contributed by atoms with Crippen LogP contribution in [0.1, 0.15) is 107 Å². The zero-order valence-corrected chi connectivity index (χ0v) is 34.3. The number of pyridine rings is 2. The smallest absolute Gasteiger partial charge is 0.260 e. The molecule has 4 aromatic heterocycles. The molecule has 63 heavy (non-hydrogen) atoms. The molecule has 0 bridgehead atoms. The summed E-state index contributed by atoms with van der Waals surface area (Å²) in [6, 6.07) is 13.2. The Balaban J connectivity index is 0.000000150. The average molecular weight is 876 g/mol. The fourth-order valence-corrected chi connectivity index (χ4v) is 10.3. The van der Waals surface area contributed by atoms with E-state index in [2.05, 4.69) is 30.8 Å². The number of aromatic nitrogens is 6. The summed E-state index contributed by atoms with van der Waals surface area (Å²) in [6.45, 7) is 2.71. The van der Waals surface area contributed by atoms with Crippen LogP contribution in [0.15, 0.2) is 36.4 Å². The molecule has 11 rings (SSSR count). The molecular formula is C43H46F5N11O4. The van der Waals surface area contributed by atoms with Crippen LogP contribution in [0.25, 0.3) is 11.3 Å². The van der Waals surface area contributed by atoms with Gasteiger partial charge in [-0.25, -0.2) is 31.0 Å². The third kappa shape index (κ3) is 7.74. The van der Waals surface area contributed by atoms with E-state index < -0.39 is 54.0 Å². The zero-order chi connectivity index (χ0) is 44.1. The molecule has 5 saturated carbocycles. The lowest BCUT2D eigenvalue weighted by molar-refractivity contribution is -0.153. The van der Waals surface area contributed by atoms with Gasteiger partial charge in [-0.2, -0.15) is 15.2 Å². The number of hydrogen-bond acceptors (Lipinski definition) is 9. The van der Waals surface area contributed by atoms with Crippen LogP contribution in [0.3, 0.4) is 0 Å². The Labute approximate surface area is 357 Å². The number of likely N-dealkylation sites (tertiary alicyclic amines) is 2. The molecule has 20 heteroatoms. The minimum absolute atomic E-state index is 0.0332. The second-order valence-electron chi connectivity index (χ2n) is 19.1. The highest BCUT2D eigenvalue weighted by Gasteiger charge is 2.62. The number of nitriles is 1. The van der Waals surface area contributed by atoms with Gasteiger partial charge < -0.3 is 9.80 Å². The van der Waals surface area contributed by atoms with Gasteiger partial charge in [0.25, 0.3) is 17.8 Å². The molecule has 15 nitrogen and oxygen atoms in total. The maximum atomic E-state index is 14.0. The molecule has 2 spiro atoms. The Kier molecular flexibility index (Phi) is 9.60. The molecule has 4 amide bonds. The highest BCUT2D eigenvalue weighted by molar-refractivity contribution is 5.94. The number of halogens is 5. The minimum atomic E-state index is -2.93. The van der Waals surface area contributed by atoms with Crippen LogP contribution < -0.4 is 10.6 Å². The number of nitrogens with zero attached hydrogens (tertiary/aromatic N) is 9. The van der Waals surface area contributed by atoms with Crippen LogP contribution in [0.5, 0.6) is 0 Å². The van der Waals surface area contributed by atoms with Crippen molar-refractivity contribution in [3.8, 4) is 6.07 Å². The standard InChI is InChI=1S/C22H24F3N5O2.C21H22F2N6O2/c23-21(8-9-21)18(32)29-11-20(12-29)6-4-13(5-7-20)15-2-1-3-16-26-19(28-30(15)16)27-17(31)14-10-22(14,24)25;22-21(23)10-14(21)18(31)26-19-25-16-3-1-2-15(29(16)27-19)13-4-7-20(8-5-13)11-28(12-20)17(30)6-9-24/h1-3,13-14H,4-12H2,(H,27,28,31);1-3,13-14H,4-8,10-12H2,(H,26,27,31)/t2*14-/m11/s1. The van der Waals surface area contributed by atoms with Gasteiger partial charge in [-0.3, -0.25) is 29.8 Å². The van der Waals surface area contributed by atoms with Crippen LogP contribution in [-0.4, -0.2) is 106 Å². The van der Waals surface area contributed by atoms with E-state index in [1.807, 2.05) is 30.3 Å². The third-order valence-corrected chi connectivity index (χ3v) is 14.5. The summed E-state index contributed by atoms with van der Waals surface area (Å²) in [6.07, 6.45) is 7.36. The lowest BCUT2D eigenvalue weighted by Gasteiger charge is -2.53. The van der Waals surface area contributed by atoms with Gasteiger partial charge in [0.2, 0.25) is 29.6 Å². The summed E-state index contributed by atoms with van der Waals surface area (Å²) < 4.78 is 69.9. The quantitative estimate of drug-likeness (QED) is 0.200. The predicted octanol–water partition coefficient (Wildman–Crippen LogP) is 6.03. The van der Waals surface area contributed by atoms with Crippen LogP contribution in [-0.2, 0) is 19.2 Å². The molecule has 4 aromatic rings. The van der Waals surface area contributed by atoms with E-state index in [1.54, 1.807) is 31.0 Å². The molecule has 2 N–H and O–H groups in total. The van der Waals surface area contributed by atoms with E-state index in [0.717, 1.165) is 75.8 Å². The first-order valence-electron chi connectivity index (χ1n) is 21.7. The molecule has 2 saturated heterocycles. The molecule has 7 fully saturated rings. The highest BCUT2D eigenvalue weighted by Crippen LogP contribution is 2.53. The second kappa shape index (κ2) is 14.7. The average Bonchev–Trinajstić information content (AvgIpc) is 4.15. The van der Waals surface area contributed by atoms with Crippen molar-refractivity contribution in [2.45, 2.75) is 113 Å². The normalized spacial score (nSPS) is 26.4. The molecule has 6 heterocycles. The van der Waals surface area contributed by atoms with Crippen molar-refractivity contribution in [2.24, 2.45) is 22.7 Å². The predicted molar refractivity (Wildman–Crippen MR) is 213 cm³/mol. The van der Waals surface area contributed by atoms with Crippen molar-refractivity contribution < 1.29 is 41.1 Å². The largest absolute Gasteiger partial charge is 0.341 e. The van der Waals surface area contributed by atoms with Crippen molar-refractivity contribution in [2.75, 3.05) is 36.8 Å². The summed E-state index contributed by atoms with van der Waals surface area (Å²) >= 11 is 0. The third-order valence-electron chi connectivity index (χ3n) is 14.5. The second-order valence-corrected chi connectivity index (χ2v) is 19.1. The van der Waals surface area contributed by atoms with Crippen molar-refractivity contribution in [1.82, 2.24) is 39.0 Å². The number of nitrogens with one attached hydrogen (secondary N) is 2. The monoisotopic (exact) mass is 875 g/mol. The Morgan fingerprint density at radius 1 is 0.651 bits per heavy atom. The highest BCUT2D eigenvalue weighted by atomic mass is 19.3. The van der Waals surface area contributed by atoms with Crippen molar-refractivity contribution in [1.29, 1.82) is 5.26 Å². The summed E-state index contributed by atoms with van der Waals surface area (Å²) in [4.78, 5) is 60.0. The van der Waals surface area contributed by atoms with Crippen molar-refractivity contribution in [3.05, 3.63) is 47.8 Å². The lowest BCUT2D eigenvalue weighted by atomic mass is 9.65. The Morgan fingerprint density at radius 2 is 1.06 bits per heavy atom. The van der Waals surface area contributed by atoms with Crippen LogP contribution >= 0.6 is 0 Å². The van der Waals surface area contributed by atoms with E-state index in [1.165, 1.54) is 0 Å². The number of carbonyl (C=O) groups excluding carboxylic acids is 4. The van der Waals surface area contributed by atoms with Crippen LogP contribution in [0, 0.1) is 34.0 Å². The Morgan fingerprint density at radius 3 is 1.44 bits per heavy atom. The molecule has 2 atom stereocenters. The Bertz CT molecular complexity index is 2550. The van der Waals surface area contributed by atoms with Crippen molar-refractivity contribution >= 4 is 46.8 Å². The maximum absolute atomic E-state index is 14.0. The number of hydrogen-bond donors (Lipinski definition) is 2. The van der Waals surface area contributed by atoms with Gasteiger partial charge in [0.05, 0.1) is 6.07 Å². The van der Waals surface area contributed by atoms with Crippen LogP contribution in [0.4, 0.5) is 33.8 Å². The van der Waals surface area contributed by atoms with E-state index in [9.17, 15) is 41.1 Å². The van der Waals surface area contributed by atoms with E-state index >= 15 is 0 Å². The molecule has 0 radical (unpaired) electrons. The van der Waals surface area contributed by atoms with Gasteiger partial charge in [-0.05, 0) is 88.5 Å². The molecular weight excluding hydrogens is 830 g/mol. The van der Waals surface area contributed by atoms with Gasteiger partial charge >= 0.3 is 0 Å². The number of rotatable bonds is 8. The maximum Gasteiger partial charge on any atom is 0.260 e. The van der Waals surface area contributed by atoms with Gasteiger partial charge in [-0.15, -0.1) is 10.2 Å². The zero-order valence-electron chi connectivity index (χ0n) is 34.3. The molecule has 0 aromatic carbocycles. The SMILES string of the molecule is N#CCC(=O)N1CC2(CCC(c3cccc4nc(NC(=O)[C@H]5CC5(F)F)nn34)CC2)C1.O=C(Nc1nc2cccc(C3CCC4(CC3)CN(C(=O)C3(F)CC3)C4)n2n1)[C@H]1CC1(F)F. The van der Waals surface area contributed by atoms with Crippen molar-refractivity contribution in [3.63, 3.8) is 0 Å². The minimum Gasteiger partial charge on any atom is -0.341 e. The molecule has 7 aliphatic rings. The first kappa shape index (κ1) is 41.3. The molecule has 2 aliphatic heterocycles. The summed E-state index contributed by atoms with van der Waals surface area (Å²) in [5, 5.41) is 22.2. The topological polar surface area (TPSA) is 183 Å². The van der Waals surface area contributed by atoms with Gasteiger partial charge in [0, 0.05) is 73.1 Å². The fraction of sp³-hybridized carbons (Fsp3) is 0.605. The molecule has 332 valence electrons. The Hall–Kier alpha value is -5.74. The van der Waals surface area contributed by atoms with Crippen LogP contribution in [0.2, 0.25) is 0 Å². The molecule has 0 unspecified atom stereocenters. The summed E-state index contributed by atoms with van der Waals surface area (Å²) in [7, 11) is 0. The van der Waals surface area contributed by atoms with Gasteiger partial charge in [-0.1, -0.05) is 12.1 Å². The summed E-state index contributed by atoms with van der Waals surface area (Å²) in [5.74, 6) is -9.82. The molecule has 5 aliphatic carbocycles.